The summed E-state index contributed by atoms with van der Waals surface area (Å²) in [6.45, 7) is 1.76. The summed E-state index contributed by atoms with van der Waals surface area (Å²) in [7, 11) is 0. The lowest BCUT2D eigenvalue weighted by molar-refractivity contribution is -0.134. The van der Waals surface area contributed by atoms with Crippen molar-refractivity contribution in [2.24, 2.45) is 5.92 Å². The third-order valence-electron chi connectivity index (χ3n) is 5.26. The normalized spacial score (nSPS) is 21.1. The molecule has 8 heteroatoms. The maximum absolute atomic E-state index is 14.5. The molecule has 2 saturated heterocycles. The molecule has 2 fully saturated rings. The van der Waals surface area contributed by atoms with Crippen molar-refractivity contribution in [3.05, 3.63) is 29.6 Å². The summed E-state index contributed by atoms with van der Waals surface area (Å²) in [6, 6.07) is 3.63. The molecule has 1 unspecified atom stereocenters. The van der Waals surface area contributed by atoms with Gasteiger partial charge in [-0.3, -0.25) is 19.7 Å². The van der Waals surface area contributed by atoms with Gasteiger partial charge < -0.3 is 15.3 Å². The van der Waals surface area contributed by atoms with Crippen LogP contribution in [0.25, 0.3) is 0 Å². The average molecular weight is 377 g/mol. The van der Waals surface area contributed by atoms with Crippen molar-refractivity contribution in [2.45, 2.75) is 38.1 Å². The molecule has 27 heavy (non-hydrogen) atoms. The van der Waals surface area contributed by atoms with Crippen LogP contribution in [0.2, 0.25) is 0 Å². The number of nitrogens with one attached hydrogen (secondary N) is 2. The van der Waals surface area contributed by atoms with Crippen LogP contribution >= 0.6 is 0 Å². The molecule has 2 aliphatic rings. The second kappa shape index (κ2) is 8.47. The van der Waals surface area contributed by atoms with Crippen molar-refractivity contribution in [2.75, 3.05) is 24.6 Å². The number of nitrogens with zero attached hydrogens (tertiary/aromatic N) is 1. The van der Waals surface area contributed by atoms with E-state index in [9.17, 15) is 18.8 Å². The van der Waals surface area contributed by atoms with Crippen LogP contribution in [0.15, 0.2) is 18.2 Å². The van der Waals surface area contributed by atoms with Gasteiger partial charge in [0.15, 0.2) is 0 Å². The Kier molecular flexibility index (Phi) is 6.05. The number of anilines is 1. The van der Waals surface area contributed by atoms with Crippen molar-refractivity contribution in [1.29, 1.82) is 0 Å². The van der Waals surface area contributed by atoms with Gasteiger partial charge in [0.25, 0.3) is 5.91 Å². The number of hydrogen-bond acceptors (Lipinski definition) is 5. The molecule has 0 aromatic heterocycles. The Balaban J connectivity index is 1.62. The molecule has 0 aliphatic carbocycles. The fraction of sp³-hybridized carbons (Fsp3) is 0.526. The topological polar surface area (TPSA) is 98.7 Å². The quantitative estimate of drug-likeness (QED) is 0.664. The van der Waals surface area contributed by atoms with Crippen molar-refractivity contribution in [1.82, 2.24) is 10.6 Å². The maximum atomic E-state index is 14.5. The molecular weight excluding hydrogens is 353 g/mol. The lowest BCUT2D eigenvalue weighted by Gasteiger charge is -2.33. The van der Waals surface area contributed by atoms with E-state index < -0.39 is 23.7 Å². The highest BCUT2D eigenvalue weighted by atomic mass is 19.1. The Labute approximate surface area is 156 Å². The summed E-state index contributed by atoms with van der Waals surface area (Å²) in [4.78, 5) is 37.3. The number of imide groups is 1. The molecule has 0 radical (unpaired) electrons. The van der Waals surface area contributed by atoms with Crippen molar-refractivity contribution in [3.63, 3.8) is 0 Å². The van der Waals surface area contributed by atoms with Crippen LogP contribution in [0.1, 0.15) is 42.5 Å². The second-order valence-electron chi connectivity index (χ2n) is 7.08. The molecule has 1 atom stereocenters. The van der Waals surface area contributed by atoms with Gasteiger partial charge in [-0.25, -0.2) is 4.39 Å². The van der Waals surface area contributed by atoms with Gasteiger partial charge in [-0.2, -0.15) is 0 Å². The van der Waals surface area contributed by atoms with Crippen LogP contribution < -0.4 is 15.5 Å². The van der Waals surface area contributed by atoms with Gasteiger partial charge in [0.2, 0.25) is 11.8 Å². The third kappa shape index (κ3) is 4.63. The molecule has 3 amide bonds. The first-order valence-electron chi connectivity index (χ1n) is 9.28. The first kappa shape index (κ1) is 19.3. The van der Waals surface area contributed by atoms with Gasteiger partial charge in [-0.1, -0.05) is 0 Å². The van der Waals surface area contributed by atoms with Crippen LogP contribution in [-0.2, 0) is 9.59 Å². The number of halogens is 1. The summed E-state index contributed by atoms with van der Waals surface area (Å²) >= 11 is 0. The maximum Gasteiger partial charge on any atom is 0.254 e. The highest BCUT2D eigenvalue weighted by Gasteiger charge is 2.29. The lowest BCUT2D eigenvalue weighted by Crippen LogP contribution is -2.52. The monoisotopic (exact) mass is 377 g/mol. The standard InChI is InChI=1S/C19H24FN3O4/c20-15-11-13(23-8-5-12(6-9-23)7-10-24)1-2-14(15)18(26)21-16-3-4-17(25)22-19(16)27/h1-2,11-12,16,24H,3-10H2,(H,21,26)(H,22,25,27). The number of hydrogen-bond donors (Lipinski definition) is 3. The van der Waals surface area contributed by atoms with Crippen LogP contribution in [0, 0.1) is 11.7 Å². The predicted octanol–water partition coefficient (Wildman–Crippen LogP) is 0.959. The number of rotatable bonds is 5. The van der Waals surface area contributed by atoms with Crippen molar-refractivity contribution in [3.8, 4) is 0 Å². The van der Waals surface area contributed by atoms with Gasteiger partial charge in [0.1, 0.15) is 11.9 Å². The number of amides is 3. The van der Waals surface area contributed by atoms with E-state index in [1.165, 1.54) is 12.1 Å². The molecule has 2 aliphatic heterocycles. The molecule has 146 valence electrons. The molecule has 7 nitrogen and oxygen atoms in total. The van der Waals surface area contributed by atoms with Gasteiger partial charge in [0, 0.05) is 31.8 Å². The van der Waals surface area contributed by atoms with Crippen LogP contribution in [-0.4, -0.2) is 48.6 Å². The Morgan fingerprint density at radius 2 is 2.00 bits per heavy atom. The Bertz CT molecular complexity index is 732. The van der Waals surface area contributed by atoms with Gasteiger partial charge in [0.05, 0.1) is 5.56 Å². The zero-order chi connectivity index (χ0) is 19.4. The zero-order valence-electron chi connectivity index (χ0n) is 15.0. The summed E-state index contributed by atoms with van der Waals surface area (Å²) in [5.74, 6) is -1.76. The number of piperidine rings is 2. The molecule has 3 N–H and O–H groups in total. The largest absolute Gasteiger partial charge is 0.396 e. The number of carbonyl (C=O) groups excluding carboxylic acids is 3. The van der Waals surface area contributed by atoms with E-state index in [2.05, 4.69) is 15.5 Å². The number of aliphatic hydroxyl groups excluding tert-OH is 1. The smallest absolute Gasteiger partial charge is 0.254 e. The minimum Gasteiger partial charge on any atom is -0.396 e. The first-order chi connectivity index (χ1) is 13.0. The fourth-order valence-electron chi connectivity index (χ4n) is 3.61. The molecule has 0 spiro atoms. The summed E-state index contributed by atoms with van der Waals surface area (Å²) in [5.41, 5.74) is 0.589. The lowest BCUT2D eigenvalue weighted by atomic mass is 9.93. The van der Waals surface area contributed by atoms with E-state index in [1.54, 1.807) is 6.07 Å². The molecule has 2 heterocycles. The van der Waals surface area contributed by atoms with Crippen LogP contribution in [0.4, 0.5) is 10.1 Å². The summed E-state index contributed by atoms with van der Waals surface area (Å²) in [6.07, 6.45) is 3.03. The van der Waals surface area contributed by atoms with E-state index in [0.717, 1.165) is 32.4 Å². The fourth-order valence-corrected chi connectivity index (χ4v) is 3.61. The summed E-state index contributed by atoms with van der Waals surface area (Å²) in [5, 5.41) is 13.7. The Morgan fingerprint density at radius 3 is 2.63 bits per heavy atom. The van der Waals surface area contributed by atoms with Crippen LogP contribution in [0.5, 0.6) is 0 Å². The molecule has 0 bridgehead atoms. The summed E-state index contributed by atoms with van der Waals surface area (Å²) < 4.78 is 14.5. The van der Waals surface area contributed by atoms with E-state index in [4.69, 9.17) is 5.11 Å². The molecule has 0 saturated carbocycles. The number of aliphatic hydroxyl groups is 1. The van der Waals surface area contributed by atoms with E-state index in [-0.39, 0.29) is 30.9 Å². The highest BCUT2D eigenvalue weighted by Crippen LogP contribution is 2.26. The third-order valence-corrected chi connectivity index (χ3v) is 5.26. The number of carbonyl (C=O) groups is 3. The molecule has 3 rings (SSSR count). The molecule has 1 aromatic carbocycles. The SMILES string of the molecule is O=C1CCC(NC(=O)c2ccc(N3CCC(CCO)CC3)cc2F)C(=O)N1. The van der Waals surface area contributed by atoms with Crippen molar-refractivity contribution >= 4 is 23.4 Å². The highest BCUT2D eigenvalue weighted by molar-refractivity contribution is 6.03. The van der Waals surface area contributed by atoms with Crippen LogP contribution in [0.3, 0.4) is 0 Å². The van der Waals surface area contributed by atoms with Gasteiger partial charge in [-0.05, 0) is 49.8 Å². The van der Waals surface area contributed by atoms with Crippen molar-refractivity contribution < 1.29 is 23.9 Å². The van der Waals surface area contributed by atoms with E-state index in [0.29, 0.717) is 11.6 Å². The Hall–Kier alpha value is -2.48. The Morgan fingerprint density at radius 1 is 1.26 bits per heavy atom. The van der Waals surface area contributed by atoms with Gasteiger partial charge in [-0.15, -0.1) is 0 Å². The minimum absolute atomic E-state index is 0.126. The molecule has 1 aromatic rings. The van der Waals surface area contributed by atoms with E-state index in [1.807, 2.05) is 0 Å². The number of benzene rings is 1. The average Bonchev–Trinajstić information content (AvgIpc) is 2.65. The first-order valence-corrected chi connectivity index (χ1v) is 9.28. The van der Waals surface area contributed by atoms with E-state index >= 15 is 0 Å². The zero-order valence-corrected chi connectivity index (χ0v) is 15.0. The molecular formula is C19H24FN3O4. The predicted molar refractivity (Wildman–Crippen MR) is 96.7 cm³/mol. The minimum atomic E-state index is -0.833. The second-order valence-corrected chi connectivity index (χ2v) is 7.08. The van der Waals surface area contributed by atoms with Gasteiger partial charge >= 0.3 is 0 Å².